The Morgan fingerprint density at radius 1 is 0.658 bits per heavy atom. The number of hydrogen-bond acceptors (Lipinski definition) is 10. The molecule has 404 valence electrons. The third-order valence-electron chi connectivity index (χ3n) is 13.1. The molecule has 0 saturated heterocycles. The fourth-order valence-corrected chi connectivity index (χ4v) is 12.4. The number of amides is 2. The van der Waals surface area contributed by atoms with Gasteiger partial charge in [0.2, 0.25) is 11.8 Å². The minimum atomic E-state index is -2.61. The van der Waals surface area contributed by atoms with E-state index >= 15 is 0 Å². The number of thiophene rings is 2. The molecule has 4 atom stereocenters. The normalized spacial score (nSPS) is 24.5. The second kappa shape index (κ2) is 26.1. The molecule has 2 aromatic heterocycles. The van der Waals surface area contributed by atoms with Crippen molar-refractivity contribution in [2.24, 2.45) is 34.5 Å². The number of halogens is 1. The van der Waals surface area contributed by atoms with Gasteiger partial charge in [0.1, 0.15) is 9.75 Å². The highest BCUT2D eigenvalue weighted by atomic mass is 35.7. The van der Waals surface area contributed by atoms with E-state index in [0.717, 1.165) is 35.5 Å². The van der Waals surface area contributed by atoms with Gasteiger partial charge in [0.25, 0.3) is 0 Å². The van der Waals surface area contributed by atoms with Crippen molar-refractivity contribution in [2.75, 3.05) is 36.5 Å². The summed E-state index contributed by atoms with van der Waals surface area (Å²) in [7, 11) is -2.61. The van der Waals surface area contributed by atoms with Gasteiger partial charge in [-0.1, -0.05) is 72.1 Å². The zero-order chi connectivity index (χ0) is 55.0. The molecule has 0 bridgehead atoms. The molecule has 0 aliphatic heterocycles. The number of aliphatic hydroxyl groups is 1. The number of carbonyl (C=O) groups is 4. The number of carboxylic acid groups (broad SMARTS) is 2. The molecule has 6 rings (SSSR count). The lowest BCUT2D eigenvalue weighted by Gasteiger charge is -2.40. The van der Waals surface area contributed by atoms with Crippen LogP contribution in [-0.4, -0.2) is 90.0 Å². The first-order valence-electron chi connectivity index (χ1n) is 25.5. The molecule has 2 aromatic rings. The molecule has 2 heterocycles. The van der Waals surface area contributed by atoms with Crippen LogP contribution >= 0.6 is 47.8 Å². The maximum absolute atomic E-state index is 14.1. The number of anilines is 2. The Morgan fingerprint density at radius 3 is 1.30 bits per heavy atom. The van der Waals surface area contributed by atoms with Crippen LogP contribution in [0.5, 0.6) is 0 Å². The molecule has 12 nitrogen and oxygen atoms in total. The smallest absolute Gasteiger partial charge is 0.348 e. The summed E-state index contributed by atoms with van der Waals surface area (Å²) in [6.07, 6.45) is 12.2. The van der Waals surface area contributed by atoms with Crippen molar-refractivity contribution in [1.82, 2.24) is 0 Å². The van der Waals surface area contributed by atoms with Gasteiger partial charge in [0, 0.05) is 61.4 Å². The number of nitrogens with zero attached hydrogens (tertiary/aromatic N) is 2. The highest BCUT2D eigenvalue weighted by molar-refractivity contribution is 7.88. The third-order valence-corrected chi connectivity index (χ3v) is 16.0. The Morgan fingerprint density at radius 2 is 1.00 bits per heavy atom. The maximum atomic E-state index is 14.1. The van der Waals surface area contributed by atoms with E-state index in [9.17, 15) is 43.6 Å². The van der Waals surface area contributed by atoms with Gasteiger partial charge in [-0.05, 0) is 156 Å². The average Bonchev–Trinajstić information content (AvgIpc) is 3.87. The lowest BCUT2D eigenvalue weighted by Crippen LogP contribution is -2.48. The predicted octanol–water partition coefficient (Wildman–Crippen LogP) is 14.3. The van der Waals surface area contributed by atoms with Crippen LogP contribution in [0.1, 0.15) is 175 Å². The van der Waals surface area contributed by atoms with Gasteiger partial charge in [-0.15, -0.1) is 22.7 Å². The summed E-state index contributed by atoms with van der Waals surface area (Å²) in [5.41, 5.74) is 3.09. The standard InChI is InChI=1S/C28H40NO5PS.C26H35NO4S.C2H6ClOP/c1-18-8-13-23(19(2)16-18)26(30)29(20-9-11-21(12-10-20)34-35(6,7)33)24-17-22(14-15-28(3,4)5)36-25(24)27(31)32;1-16-6-11-21(17(2)14-16)24(29)27(18-7-9-19(28)10-8-18)22-15-20(12-13-26(3,4)5)32-23(22)25(30)31;1-5(2,3)4/h8,17,19-21,23H,9-13,16H2,1-7H3,(H,31,32);6,15,17-19,21,28H,7-11,14H2,1-5H3,(H,30,31);1-2H3/t19-,20?,21?,23-;17-,18?,19?,21-;/m00./s1. The van der Waals surface area contributed by atoms with E-state index in [1.165, 1.54) is 24.5 Å². The topological polar surface area (TPSA) is 179 Å². The van der Waals surface area contributed by atoms with Crippen molar-refractivity contribution in [2.45, 2.75) is 171 Å². The number of aromatic carboxylic acids is 2. The molecule has 3 N–H and O–H groups in total. The molecule has 0 spiro atoms. The van der Waals surface area contributed by atoms with Crippen molar-refractivity contribution in [1.29, 1.82) is 0 Å². The Kier molecular flexibility index (Phi) is 22.2. The fourth-order valence-electron chi connectivity index (χ4n) is 9.76. The largest absolute Gasteiger partial charge is 0.477 e. The van der Waals surface area contributed by atoms with Gasteiger partial charge in [0.05, 0.1) is 33.3 Å². The number of carbonyl (C=O) groups excluding carboxylic acids is 2. The van der Waals surface area contributed by atoms with Crippen LogP contribution in [0.2, 0.25) is 0 Å². The zero-order valence-electron chi connectivity index (χ0n) is 45.6. The Bertz CT molecular complexity index is 2580. The summed E-state index contributed by atoms with van der Waals surface area (Å²) in [6.45, 7) is 24.6. The minimum Gasteiger partial charge on any atom is -0.477 e. The Hall–Kier alpha value is -3.45. The van der Waals surface area contributed by atoms with Gasteiger partial charge in [0.15, 0.2) is 13.9 Å². The average molecular weight is 1100 g/mol. The van der Waals surface area contributed by atoms with Crippen LogP contribution in [0.3, 0.4) is 0 Å². The van der Waals surface area contributed by atoms with Gasteiger partial charge >= 0.3 is 11.9 Å². The summed E-state index contributed by atoms with van der Waals surface area (Å²) < 4.78 is 27.9. The molecule has 2 fully saturated rings. The van der Waals surface area contributed by atoms with Crippen LogP contribution in [0.25, 0.3) is 0 Å². The fraction of sp³-hybridized carbons (Fsp3) is 0.643. The van der Waals surface area contributed by atoms with Crippen LogP contribution in [0.15, 0.2) is 35.4 Å². The maximum Gasteiger partial charge on any atom is 0.348 e. The quantitative estimate of drug-likeness (QED) is 0.118. The first-order valence-corrected chi connectivity index (χ1v) is 33.2. The molecular weight excluding hydrogens is 1020 g/mol. The molecular formula is C56H81ClN2O10P2S2. The molecule has 0 aromatic carbocycles. The van der Waals surface area contributed by atoms with Gasteiger partial charge in [-0.3, -0.25) is 14.2 Å². The van der Waals surface area contributed by atoms with E-state index in [4.69, 9.17) is 15.8 Å². The van der Waals surface area contributed by atoms with Crippen LogP contribution in [0, 0.1) is 58.2 Å². The van der Waals surface area contributed by atoms with E-state index in [1.54, 1.807) is 35.3 Å². The highest BCUT2D eigenvalue weighted by Crippen LogP contribution is 2.45. The van der Waals surface area contributed by atoms with E-state index in [1.807, 2.05) is 41.5 Å². The summed E-state index contributed by atoms with van der Waals surface area (Å²) in [4.78, 5) is 57.6. The Labute approximate surface area is 448 Å². The monoisotopic (exact) mass is 1100 g/mol. The number of allylic oxidation sites excluding steroid dienone is 4. The minimum absolute atomic E-state index is 0.00160. The lowest BCUT2D eigenvalue weighted by molar-refractivity contribution is -0.125. The molecule has 2 amide bonds. The number of carboxylic acids is 2. The lowest BCUT2D eigenvalue weighted by atomic mass is 9.79. The zero-order valence-corrected chi connectivity index (χ0v) is 49.8. The molecule has 4 aliphatic rings. The summed E-state index contributed by atoms with van der Waals surface area (Å²) in [5.74, 6) is 10.5. The first-order chi connectivity index (χ1) is 33.6. The van der Waals surface area contributed by atoms with Crippen molar-refractivity contribution in [3.63, 3.8) is 0 Å². The molecule has 73 heavy (non-hydrogen) atoms. The van der Waals surface area contributed by atoms with E-state index in [0.29, 0.717) is 85.3 Å². The van der Waals surface area contributed by atoms with E-state index in [-0.39, 0.29) is 80.4 Å². The highest BCUT2D eigenvalue weighted by Gasteiger charge is 2.41. The van der Waals surface area contributed by atoms with E-state index in [2.05, 4.69) is 63.5 Å². The molecule has 0 radical (unpaired) electrons. The van der Waals surface area contributed by atoms with Crippen molar-refractivity contribution in [3.8, 4) is 23.7 Å². The Balaban J connectivity index is 0.000000291. The van der Waals surface area contributed by atoms with Crippen LogP contribution < -0.4 is 9.80 Å². The number of rotatable bonds is 10. The van der Waals surface area contributed by atoms with Crippen molar-refractivity contribution in [3.05, 3.63) is 54.9 Å². The summed E-state index contributed by atoms with van der Waals surface area (Å²) in [5, 5.41) is 30.0. The van der Waals surface area contributed by atoms with Crippen molar-refractivity contribution >= 4 is 82.9 Å². The third kappa shape index (κ3) is 19.9. The number of aliphatic hydroxyl groups excluding tert-OH is 1. The van der Waals surface area contributed by atoms with Gasteiger partial charge in [-0.25, -0.2) is 9.59 Å². The molecule has 17 heteroatoms. The van der Waals surface area contributed by atoms with Crippen LogP contribution in [0.4, 0.5) is 11.4 Å². The van der Waals surface area contributed by atoms with Gasteiger partial charge < -0.3 is 34.2 Å². The van der Waals surface area contributed by atoms with E-state index < -0.39 is 25.8 Å². The molecule has 4 aliphatic carbocycles. The SMILES string of the molecule is CC1=CC[C@H](C(=O)N(c2cc(C#CC(C)(C)C)sc2C(=O)O)C2CCC(O)CC2)[C@@H](C)C1.CC1=CC[C@H](C(=O)N(c2cc(C#CC(C)(C)C)sc2C(=O)O)C2CCC(OP(C)(C)=O)CC2)[C@@H](C)C1.CP(C)(=O)Cl. The summed E-state index contributed by atoms with van der Waals surface area (Å²) >= 11 is 7.36. The number of hydrogen-bond donors (Lipinski definition) is 3. The van der Waals surface area contributed by atoms with Crippen molar-refractivity contribution < 1.29 is 48.2 Å². The predicted molar refractivity (Wildman–Crippen MR) is 302 cm³/mol. The van der Waals surface area contributed by atoms with Crippen LogP contribution in [-0.2, 0) is 23.2 Å². The second-order valence-electron chi connectivity index (χ2n) is 23.3. The van der Waals surface area contributed by atoms with Gasteiger partial charge in [-0.2, -0.15) is 0 Å². The second-order valence-corrected chi connectivity index (χ2v) is 33.0. The molecule has 0 unspecified atom stereocenters. The summed E-state index contributed by atoms with van der Waals surface area (Å²) in [6, 6.07) is 3.32. The molecule has 2 saturated carbocycles. The first kappa shape index (κ1) is 62.1.